The summed E-state index contributed by atoms with van der Waals surface area (Å²) < 4.78 is 0. The Bertz CT molecular complexity index is 322. The van der Waals surface area contributed by atoms with Gasteiger partial charge < -0.3 is 0 Å². The summed E-state index contributed by atoms with van der Waals surface area (Å²) in [5.74, 6) is -0.133. The lowest BCUT2D eigenvalue weighted by Crippen LogP contribution is -2.20. The van der Waals surface area contributed by atoms with Crippen molar-refractivity contribution in [2.45, 2.75) is 25.7 Å². The summed E-state index contributed by atoms with van der Waals surface area (Å²) in [7, 11) is 1.45. The van der Waals surface area contributed by atoms with Crippen LogP contribution in [0.2, 0.25) is 0 Å². The Balaban J connectivity index is 2.19. The maximum atomic E-state index is 11.4. The zero-order chi connectivity index (χ0) is 9.97. The van der Waals surface area contributed by atoms with Crippen LogP contribution in [0.3, 0.4) is 0 Å². The maximum absolute atomic E-state index is 11.4. The van der Waals surface area contributed by atoms with Crippen LogP contribution < -0.4 is 5.48 Å². The number of carbonyl (C=O) groups excluding carboxylic acids is 1. The minimum atomic E-state index is -0.133. The molecule has 0 spiro atoms. The van der Waals surface area contributed by atoms with Crippen molar-refractivity contribution in [2.24, 2.45) is 0 Å². The van der Waals surface area contributed by atoms with Gasteiger partial charge in [-0.2, -0.15) is 0 Å². The first-order chi connectivity index (χ1) is 6.81. The van der Waals surface area contributed by atoms with E-state index in [4.69, 9.17) is 0 Å². The number of rotatable bonds is 2. The molecular weight excluding hydrogens is 198 g/mol. The van der Waals surface area contributed by atoms with Gasteiger partial charge in [0.05, 0.1) is 12.0 Å². The molecule has 0 radical (unpaired) electrons. The topological polar surface area (TPSA) is 38.3 Å². The minimum Gasteiger partial charge on any atom is -0.277 e. The summed E-state index contributed by atoms with van der Waals surface area (Å²) in [6.45, 7) is 0. The number of thiophene rings is 1. The van der Waals surface area contributed by atoms with Gasteiger partial charge in [0.15, 0.2) is 0 Å². The molecule has 0 saturated heterocycles. The number of carbonyl (C=O) groups is 1. The van der Waals surface area contributed by atoms with E-state index in [0.29, 0.717) is 0 Å². The van der Waals surface area contributed by atoms with Crippen LogP contribution in [0.15, 0.2) is 6.07 Å². The fourth-order valence-corrected chi connectivity index (χ4v) is 2.89. The summed E-state index contributed by atoms with van der Waals surface area (Å²) >= 11 is 1.59. The highest BCUT2D eigenvalue weighted by Gasteiger charge is 2.16. The third-order valence-corrected chi connectivity index (χ3v) is 3.65. The molecule has 3 nitrogen and oxygen atoms in total. The standard InChI is InChI=1S/C10H13NO2S/c1-13-11-10(12)9-6-7-4-2-3-5-8(7)14-9/h6H,2-5H2,1H3,(H,11,12). The van der Waals surface area contributed by atoms with Crippen molar-refractivity contribution in [3.05, 3.63) is 21.4 Å². The molecule has 4 heteroatoms. The highest BCUT2D eigenvalue weighted by molar-refractivity contribution is 7.14. The molecule has 0 aliphatic heterocycles. The van der Waals surface area contributed by atoms with Crippen molar-refractivity contribution in [1.29, 1.82) is 0 Å². The van der Waals surface area contributed by atoms with Gasteiger partial charge in [-0.3, -0.25) is 9.63 Å². The maximum Gasteiger partial charge on any atom is 0.284 e. The van der Waals surface area contributed by atoms with Gasteiger partial charge in [-0.1, -0.05) is 0 Å². The Hall–Kier alpha value is -0.870. The number of amides is 1. The lowest BCUT2D eigenvalue weighted by molar-refractivity contribution is 0.0542. The quantitative estimate of drug-likeness (QED) is 0.759. The first-order valence-electron chi connectivity index (χ1n) is 4.76. The SMILES string of the molecule is CONC(=O)c1cc2c(s1)CCCC2. The van der Waals surface area contributed by atoms with Gasteiger partial charge in [-0.05, 0) is 37.3 Å². The molecular formula is C10H13NO2S. The smallest absolute Gasteiger partial charge is 0.277 e. The van der Waals surface area contributed by atoms with Crippen LogP contribution in [0.5, 0.6) is 0 Å². The van der Waals surface area contributed by atoms with E-state index in [1.807, 2.05) is 6.07 Å². The molecule has 1 N–H and O–H groups in total. The van der Waals surface area contributed by atoms with Crippen molar-refractivity contribution in [1.82, 2.24) is 5.48 Å². The van der Waals surface area contributed by atoms with E-state index in [1.165, 1.54) is 30.4 Å². The second-order valence-corrected chi connectivity index (χ2v) is 4.54. The van der Waals surface area contributed by atoms with Crippen LogP contribution in [0.4, 0.5) is 0 Å². The molecule has 1 aromatic heterocycles. The predicted octanol–water partition coefficient (Wildman–Crippen LogP) is 1.92. The van der Waals surface area contributed by atoms with E-state index in [-0.39, 0.29) is 5.91 Å². The molecule has 1 aliphatic rings. The monoisotopic (exact) mass is 211 g/mol. The van der Waals surface area contributed by atoms with E-state index in [0.717, 1.165) is 17.7 Å². The van der Waals surface area contributed by atoms with E-state index in [9.17, 15) is 4.79 Å². The molecule has 1 aromatic rings. The normalized spacial score (nSPS) is 14.9. The van der Waals surface area contributed by atoms with Crippen molar-refractivity contribution in [3.63, 3.8) is 0 Å². The largest absolute Gasteiger partial charge is 0.284 e. The van der Waals surface area contributed by atoms with Crippen molar-refractivity contribution in [2.75, 3.05) is 7.11 Å². The summed E-state index contributed by atoms with van der Waals surface area (Å²) in [5.41, 5.74) is 3.69. The Morgan fingerprint density at radius 1 is 1.50 bits per heavy atom. The molecule has 2 rings (SSSR count). The Morgan fingerprint density at radius 2 is 2.29 bits per heavy atom. The zero-order valence-corrected chi connectivity index (χ0v) is 8.95. The Labute approximate surface area is 87.0 Å². The lowest BCUT2D eigenvalue weighted by Gasteiger charge is -2.08. The summed E-state index contributed by atoms with van der Waals surface area (Å²) in [6.07, 6.45) is 4.74. The molecule has 0 atom stereocenters. The first-order valence-corrected chi connectivity index (χ1v) is 5.58. The Morgan fingerprint density at radius 3 is 3.00 bits per heavy atom. The first kappa shape index (κ1) is 9.68. The van der Waals surface area contributed by atoms with E-state index in [2.05, 4.69) is 10.3 Å². The number of nitrogens with one attached hydrogen (secondary N) is 1. The fraction of sp³-hybridized carbons (Fsp3) is 0.500. The van der Waals surface area contributed by atoms with Crippen LogP contribution in [0.1, 0.15) is 33.0 Å². The van der Waals surface area contributed by atoms with E-state index in [1.54, 1.807) is 11.3 Å². The fourth-order valence-electron chi connectivity index (χ4n) is 1.75. The Kier molecular flexibility index (Phi) is 2.84. The highest BCUT2D eigenvalue weighted by atomic mass is 32.1. The highest BCUT2D eigenvalue weighted by Crippen LogP contribution is 2.29. The van der Waals surface area contributed by atoms with Crippen LogP contribution in [0.25, 0.3) is 0 Å². The van der Waals surface area contributed by atoms with Crippen molar-refractivity contribution < 1.29 is 9.63 Å². The lowest BCUT2D eigenvalue weighted by atomic mass is 9.99. The van der Waals surface area contributed by atoms with Gasteiger partial charge in [0, 0.05) is 4.88 Å². The van der Waals surface area contributed by atoms with Crippen LogP contribution >= 0.6 is 11.3 Å². The third kappa shape index (κ3) is 1.81. The van der Waals surface area contributed by atoms with Gasteiger partial charge >= 0.3 is 0 Å². The molecule has 1 amide bonds. The number of hydroxylamine groups is 1. The van der Waals surface area contributed by atoms with Crippen LogP contribution in [-0.2, 0) is 17.7 Å². The number of fused-ring (bicyclic) bond motifs is 1. The molecule has 0 bridgehead atoms. The van der Waals surface area contributed by atoms with Gasteiger partial charge in [0.1, 0.15) is 0 Å². The average Bonchev–Trinajstić information content (AvgIpc) is 2.61. The van der Waals surface area contributed by atoms with Gasteiger partial charge in [-0.25, -0.2) is 5.48 Å². The molecule has 0 aromatic carbocycles. The third-order valence-electron chi connectivity index (χ3n) is 2.42. The molecule has 0 fully saturated rings. The number of hydrogen-bond donors (Lipinski definition) is 1. The number of hydrogen-bond acceptors (Lipinski definition) is 3. The van der Waals surface area contributed by atoms with Crippen LogP contribution in [0, 0.1) is 0 Å². The second kappa shape index (κ2) is 4.11. The molecule has 0 unspecified atom stereocenters. The van der Waals surface area contributed by atoms with Crippen LogP contribution in [-0.4, -0.2) is 13.0 Å². The van der Waals surface area contributed by atoms with Gasteiger partial charge in [0.25, 0.3) is 5.91 Å². The van der Waals surface area contributed by atoms with Gasteiger partial charge in [-0.15, -0.1) is 11.3 Å². The van der Waals surface area contributed by atoms with Crippen molar-refractivity contribution >= 4 is 17.2 Å². The predicted molar refractivity (Wildman–Crippen MR) is 55.4 cm³/mol. The molecule has 1 aliphatic carbocycles. The zero-order valence-electron chi connectivity index (χ0n) is 8.13. The van der Waals surface area contributed by atoms with Gasteiger partial charge in [0.2, 0.25) is 0 Å². The number of aryl methyl sites for hydroxylation is 2. The molecule has 1 heterocycles. The minimum absolute atomic E-state index is 0.133. The van der Waals surface area contributed by atoms with Crippen molar-refractivity contribution in [3.8, 4) is 0 Å². The summed E-state index contributed by atoms with van der Waals surface area (Å²) in [5, 5.41) is 0. The molecule has 0 saturated carbocycles. The molecule has 76 valence electrons. The van der Waals surface area contributed by atoms with E-state index >= 15 is 0 Å². The molecule has 14 heavy (non-hydrogen) atoms. The summed E-state index contributed by atoms with van der Waals surface area (Å²) in [4.78, 5) is 18.2. The van der Waals surface area contributed by atoms with E-state index < -0.39 is 0 Å². The summed E-state index contributed by atoms with van der Waals surface area (Å²) in [6, 6.07) is 1.99. The average molecular weight is 211 g/mol. The second-order valence-electron chi connectivity index (χ2n) is 3.40.